The third-order valence-electron chi connectivity index (χ3n) is 6.08. The third-order valence-corrected chi connectivity index (χ3v) is 6.08. The van der Waals surface area contributed by atoms with Gasteiger partial charge in [0.05, 0.1) is 16.9 Å². The fraction of sp³-hybridized carbons (Fsp3) is 0.318. The summed E-state index contributed by atoms with van der Waals surface area (Å²) in [6.45, 7) is 0. The van der Waals surface area contributed by atoms with Crippen LogP contribution in [0.3, 0.4) is 0 Å². The van der Waals surface area contributed by atoms with Crippen molar-refractivity contribution < 1.29 is 22.4 Å². The second-order valence-corrected chi connectivity index (χ2v) is 8.20. The molecule has 0 unspecified atom stereocenters. The molecule has 3 aromatic heterocycles. The molecular weight excluding hydrogens is 440 g/mol. The fourth-order valence-electron chi connectivity index (χ4n) is 4.55. The van der Waals surface area contributed by atoms with Crippen molar-refractivity contribution in [2.75, 3.05) is 5.32 Å². The number of anilines is 1. The summed E-state index contributed by atoms with van der Waals surface area (Å²) < 4.78 is 56.4. The van der Waals surface area contributed by atoms with E-state index >= 15 is 0 Å². The summed E-state index contributed by atoms with van der Waals surface area (Å²) in [7, 11) is 0. The van der Waals surface area contributed by atoms with Crippen LogP contribution in [0.1, 0.15) is 47.9 Å². The molecule has 1 aliphatic rings. The molecule has 4 aromatic rings. The first kappa shape index (κ1) is 21.2. The van der Waals surface area contributed by atoms with Gasteiger partial charge in [0.25, 0.3) is 5.91 Å². The van der Waals surface area contributed by atoms with Gasteiger partial charge in [-0.2, -0.15) is 18.3 Å². The number of nitrogens with two attached hydrogens (primary N) is 1. The van der Waals surface area contributed by atoms with Gasteiger partial charge in [0.1, 0.15) is 23.0 Å². The highest BCUT2D eigenvalue weighted by Crippen LogP contribution is 2.34. The van der Waals surface area contributed by atoms with Gasteiger partial charge in [0.2, 0.25) is 0 Å². The summed E-state index contributed by atoms with van der Waals surface area (Å²) in [5.41, 5.74) is 5.24. The molecule has 0 spiro atoms. The van der Waals surface area contributed by atoms with Crippen LogP contribution in [0.5, 0.6) is 0 Å². The number of fused-ring (bicyclic) bond motifs is 2. The van der Waals surface area contributed by atoms with E-state index in [-0.39, 0.29) is 28.8 Å². The van der Waals surface area contributed by atoms with Crippen molar-refractivity contribution in [3.63, 3.8) is 0 Å². The number of benzene rings is 1. The molecule has 5 rings (SSSR count). The lowest BCUT2D eigenvalue weighted by atomic mass is 9.91. The van der Waals surface area contributed by atoms with Crippen molar-refractivity contribution >= 4 is 28.3 Å². The van der Waals surface area contributed by atoms with Crippen LogP contribution in [0.4, 0.5) is 23.4 Å². The predicted molar refractivity (Wildman–Crippen MR) is 113 cm³/mol. The summed E-state index contributed by atoms with van der Waals surface area (Å²) in [4.78, 5) is 15.7. The van der Waals surface area contributed by atoms with Gasteiger partial charge in [-0.15, -0.1) is 0 Å². The Labute approximate surface area is 185 Å². The number of hydrogen-bond acceptors (Lipinski definition) is 4. The third kappa shape index (κ3) is 3.77. The largest absolute Gasteiger partial charge is 0.434 e. The van der Waals surface area contributed by atoms with E-state index in [0.29, 0.717) is 37.0 Å². The summed E-state index contributed by atoms with van der Waals surface area (Å²) in [6.07, 6.45) is -0.904. The highest BCUT2D eigenvalue weighted by Gasteiger charge is 2.34. The van der Waals surface area contributed by atoms with E-state index < -0.39 is 23.6 Å². The minimum absolute atomic E-state index is 0.00216. The van der Waals surface area contributed by atoms with Gasteiger partial charge >= 0.3 is 6.18 Å². The SMILES string of the molecule is NC(=O)c1c2c(F)cccc2nn1C1CCC(Nc2cccc3nc(C(F)(F)F)cn23)CC1. The fourth-order valence-corrected chi connectivity index (χ4v) is 4.55. The van der Waals surface area contributed by atoms with Gasteiger partial charge in [-0.3, -0.25) is 13.9 Å². The topological polar surface area (TPSA) is 90.2 Å². The molecule has 11 heteroatoms. The smallest absolute Gasteiger partial charge is 0.368 e. The second kappa shape index (κ2) is 7.75. The van der Waals surface area contributed by atoms with Crippen LogP contribution in [-0.2, 0) is 6.18 Å². The molecule has 1 aromatic carbocycles. The number of aromatic nitrogens is 4. The van der Waals surface area contributed by atoms with Crippen molar-refractivity contribution in [2.24, 2.45) is 5.73 Å². The Morgan fingerprint density at radius 1 is 1.09 bits per heavy atom. The second-order valence-electron chi connectivity index (χ2n) is 8.20. The lowest BCUT2D eigenvalue weighted by Crippen LogP contribution is -2.30. The number of imidazole rings is 1. The normalized spacial score (nSPS) is 19.3. The lowest BCUT2D eigenvalue weighted by molar-refractivity contribution is -0.140. The minimum atomic E-state index is -4.52. The van der Waals surface area contributed by atoms with Crippen LogP contribution in [0, 0.1) is 5.82 Å². The first-order valence-corrected chi connectivity index (χ1v) is 10.5. The quantitative estimate of drug-likeness (QED) is 0.438. The summed E-state index contributed by atoms with van der Waals surface area (Å²) in [5, 5.41) is 7.86. The van der Waals surface area contributed by atoms with Crippen LogP contribution in [-0.4, -0.2) is 31.1 Å². The zero-order chi connectivity index (χ0) is 23.3. The zero-order valence-corrected chi connectivity index (χ0v) is 17.3. The van der Waals surface area contributed by atoms with Crippen molar-refractivity contribution in [1.82, 2.24) is 19.2 Å². The molecule has 3 N–H and O–H groups in total. The number of nitrogens with one attached hydrogen (secondary N) is 1. The van der Waals surface area contributed by atoms with Crippen LogP contribution in [0.25, 0.3) is 16.6 Å². The zero-order valence-electron chi connectivity index (χ0n) is 17.3. The molecule has 0 bridgehead atoms. The minimum Gasteiger partial charge on any atom is -0.368 e. The number of nitrogens with zero attached hydrogens (tertiary/aromatic N) is 4. The van der Waals surface area contributed by atoms with Crippen LogP contribution >= 0.6 is 0 Å². The molecule has 1 fully saturated rings. The molecule has 0 radical (unpaired) electrons. The Morgan fingerprint density at radius 3 is 2.52 bits per heavy atom. The van der Waals surface area contributed by atoms with Crippen LogP contribution in [0.15, 0.2) is 42.6 Å². The average molecular weight is 460 g/mol. The van der Waals surface area contributed by atoms with Gasteiger partial charge in [0.15, 0.2) is 5.69 Å². The number of pyridine rings is 1. The van der Waals surface area contributed by atoms with Gasteiger partial charge < -0.3 is 11.1 Å². The summed E-state index contributed by atoms with van der Waals surface area (Å²) >= 11 is 0. The maximum absolute atomic E-state index is 14.3. The van der Waals surface area contributed by atoms with E-state index in [1.807, 2.05) is 0 Å². The Balaban J connectivity index is 1.36. The van der Waals surface area contributed by atoms with E-state index in [1.54, 1.807) is 18.2 Å². The molecular formula is C22H20F4N6O. The van der Waals surface area contributed by atoms with Crippen molar-refractivity contribution in [1.29, 1.82) is 0 Å². The Morgan fingerprint density at radius 2 is 1.82 bits per heavy atom. The predicted octanol–water partition coefficient (Wildman–Crippen LogP) is 4.54. The molecule has 3 heterocycles. The highest BCUT2D eigenvalue weighted by atomic mass is 19.4. The maximum atomic E-state index is 14.3. The average Bonchev–Trinajstić information content (AvgIpc) is 3.38. The van der Waals surface area contributed by atoms with Crippen LogP contribution in [0.2, 0.25) is 0 Å². The number of alkyl halides is 3. The number of rotatable bonds is 4. The van der Waals surface area contributed by atoms with Crippen LogP contribution < -0.4 is 11.1 Å². The molecule has 172 valence electrons. The summed E-state index contributed by atoms with van der Waals surface area (Å²) in [6, 6.07) is 9.17. The monoisotopic (exact) mass is 460 g/mol. The number of halogens is 4. The number of carbonyl (C=O) groups is 1. The molecule has 1 amide bonds. The first-order valence-electron chi connectivity index (χ1n) is 10.5. The maximum Gasteiger partial charge on any atom is 0.434 e. The standard InChI is InChI=1S/C22H20F4N6O/c23-14-3-1-4-15-19(14)20(21(27)33)32(30-15)13-9-7-12(8-10-13)28-17-5-2-6-18-29-16(11-31(17)18)22(24,25)26/h1-6,11-13,28H,7-10H2,(H2,27,33). The Bertz CT molecular complexity index is 1350. The van der Waals surface area contributed by atoms with Crippen molar-refractivity contribution in [3.05, 3.63) is 59.8 Å². The first-order chi connectivity index (χ1) is 15.7. The number of hydrogen-bond donors (Lipinski definition) is 2. The molecule has 0 atom stereocenters. The van der Waals surface area contributed by atoms with Crippen molar-refractivity contribution in [3.8, 4) is 0 Å². The van der Waals surface area contributed by atoms with Gasteiger partial charge in [0, 0.05) is 12.2 Å². The van der Waals surface area contributed by atoms with E-state index in [2.05, 4.69) is 15.4 Å². The molecule has 0 saturated heterocycles. The van der Waals surface area contributed by atoms with E-state index in [1.165, 1.54) is 27.3 Å². The van der Waals surface area contributed by atoms with Gasteiger partial charge in [-0.1, -0.05) is 12.1 Å². The number of amides is 1. The van der Waals surface area contributed by atoms with Crippen molar-refractivity contribution in [2.45, 2.75) is 43.9 Å². The molecule has 0 aliphatic heterocycles. The number of primary amides is 1. The lowest BCUT2D eigenvalue weighted by Gasteiger charge is -2.30. The molecule has 33 heavy (non-hydrogen) atoms. The summed E-state index contributed by atoms with van der Waals surface area (Å²) in [5.74, 6) is -0.770. The van der Waals surface area contributed by atoms with Gasteiger partial charge in [-0.05, 0) is 49.9 Å². The van der Waals surface area contributed by atoms with E-state index in [0.717, 1.165) is 6.20 Å². The highest BCUT2D eigenvalue weighted by molar-refractivity contribution is 6.04. The van der Waals surface area contributed by atoms with E-state index in [9.17, 15) is 22.4 Å². The van der Waals surface area contributed by atoms with E-state index in [4.69, 9.17) is 5.73 Å². The molecule has 1 saturated carbocycles. The number of carbonyl (C=O) groups excluding carboxylic acids is 1. The molecule has 7 nitrogen and oxygen atoms in total. The Hall–Kier alpha value is -3.63. The molecule has 1 aliphatic carbocycles. The Kier molecular flexibility index (Phi) is 4.98. The van der Waals surface area contributed by atoms with Gasteiger partial charge in [-0.25, -0.2) is 9.37 Å².